The molecule has 13 rings (SSSR count). The molecule has 88 heavy (non-hydrogen) atoms. The molecule has 434 valence electrons. The van der Waals surface area contributed by atoms with Gasteiger partial charge in [0.15, 0.2) is 0 Å². The van der Waals surface area contributed by atoms with Gasteiger partial charge in [0.2, 0.25) is 0 Å². The van der Waals surface area contributed by atoms with Crippen LogP contribution in [0.5, 0.6) is 0 Å². The van der Waals surface area contributed by atoms with Crippen molar-refractivity contribution in [1.29, 1.82) is 0 Å². The van der Waals surface area contributed by atoms with E-state index in [4.69, 9.17) is 0 Å². The summed E-state index contributed by atoms with van der Waals surface area (Å²) >= 11 is -8.20. The Balaban J connectivity index is 0.910. The maximum absolute atomic E-state index is 2.47. The van der Waals surface area contributed by atoms with Crippen molar-refractivity contribution in [1.82, 2.24) is 0 Å². The van der Waals surface area contributed by atoms with Gasteiger partial charge in [0.1, 0.15) is 0 Å². The van der Waals surface area contributed by atoms with Gasteiger partial charge in [-0.15, -0.1) is 0 Å². The Morgan fingerprint density at radius 3 is 0.591 bits per heavy atom. The molecule has 0 aliphatic rings. The standard InChI is InChI=1S/C82H80Ge4N2/c1-83(2,3)61-39-47-65(48-40-61)87(66-49-41-62(42-50-66)84(4,5)6)69-25-21-23-59(55-69)81-75-31-17-13-27-71(75)79(72-28-14-18-32-76(72)81)57-35-37-58(38-36-57)80-73-29-15-19-33-77(73)82(78-34-20-16-30-74(78)80)60-24-22-26-70(56-60)88(67-51-43-63(44-52-67)85(7,8)9)68-53-45-64(46-54-68)86(10,11)12/h13-56H,1-12H3. The van der Waals surface area contributed by atoms with Crippen LogP contribution in [0.1, 0.15) is 0 Å². The van der Waals surface area contributed by atoms with E-state index < -0.39 is 53.1 Å². The second kappa shape index (κ2) is 23.6. The zero-order valence-corrected chi connectivity index (χ0v) is 61.7. The third kappa shape index (κ3) is 11.6. The fourth-order valence-corrected chi connectivity index (χ4v) is 23.0. The summed E-state index contributed by atoms with van der Waals surface area (Å²) in [5.74, 6) is 29.7. The molecule has 0 N–H and O–H groups in total. The molecule has 0 aliphatic carbocycles. The molecule has 13 aromatic rings. The van der Waals surface area contributed by atoms with Gasteiger partial charge in [-0.2, -0.15) is 0 Å². The molecule has 0 heterocycles. The number of benzene rings is 13. The number of fused-ring (bicyclic) bond motifs is 4. The monoisotopic (exact) mass is 1390 g/mol. The van der Waals surface area contributed by atoms with E-state index in [0.29, 0.717) is 0 Å². The van der Waals surface area contributed by atoms with E-state index in [9.17, 15) is 0 Å². The Kier molecular flexibility index (Phi) is 16.0. The summed E-state index contributed by atoms with van der Waals surface area (Å²) in [7, 11) is 0. The topological polar surface area (TPSA) is 6.48 Å². The maximum atomic E-state index is 2.47. The molecule has 0 aliphatic heterocycles. The number of nitrogens with zero attached hydrogens (tertiary/aromatic N) is 2. The van der Waals surface area contributed by atoms with E-state index in [-0.39, 0.29) is 0 Å². The molecular formula is C82H80Ge4N2. The van der Waals surface area contributed by atoms with Crippen LogP contribution >= 0.6 is 0 Å². The van der Waals surface area contributed by atoms with E-state index in [0.717, 1.165) is 11.4 Å². The summed E-state index contributed by atoms with van der Waals surface area (Å²) in [6.07, 6.45) is 0. The summed E-state index contributed by atoms with van der Waals surface area (Å²) < 4.78 is 6.05. The predicted molar refractivity (Wildman–Crippen MR) is 399 cm³/mol. The quantitative estimate of drug-likeness (QED) is 0.0791. The van der Waals surface area contributed by atoms with Crippen molar-refractivity contribution in [3.05, 3.63) is 267 Å². The Hall–Kier alpha value is -7.33. The molecule has 0 fully saturated rings. The molecular weight excluding hydrogens is 1300 g/mol. The molecule has 6 heteroatoms. The van der Waals surface area contributed by atoms with Gasteiger partial charge in [-0.05, 0) is 11.1 Å². The molecule has 0 aromatic heterocycles. The normalized spacial score (nSPS) is 12.3. The Bertz CT molecular complexity index is 4200. The molecule has 0 saturated heterocycles. The van der Waals surface area contributed by atoms with Crippen molar-refractivity contribution in [2.24, 2.45) is 0 Å². The molecule has 0 saturated carbocycles. The van der Waals surface area contributed by atoms with Crippen LogP contribution in [-0.4, -0.2) is 53.1 Å². The number of rotatable bonds is 14. The average molecular weight is 1380 g/mol. The minimum atomic E-state index is -2.05. The third-order valence-corrected chi connectivity index (χ3v) is 35.4. The van der Waals surface area contributed by atoms with E-state index in [2.05, 4.69) is 346 Å². The van der Waals surface area contributed by atoms with Crippen LogP contribution in [0, 0.1) is 0 Å². The first-order chi connectivity index (χ1) is 42.2. The first kappa shape index (κ1) is 59.6. The second-order valence-corrected chi connectivity index (χ2v) is 70.8. The van der Waals surface area contributed by atoms with Crippen molar-refractivity contribution in [3.63, 3.8) is 0 Å². The number of hydrogen-bond acceptors (Lipinski definition) is 2. The zero-order valence-electron chi connectivity index (χ0n) is 53.3. The fourth-order valence-electron chi connectivity index (χ4n) is 13.2. The average Bonchev–Trinajstić information content (AvgIpc) is 0.995. The zero-order chi connectivity index (χ0) is 61.3. The molecule has 0 atom stereocenters. The fraction of sp³-hybridized carbons (Fsp3) is 0.146. The summed E-state index contributed by atoms with van der Waals surface area (Å²) in [6.45, 7) is 0. The van der Waals surface area contributed by atoms with Crippen molar-refractivity contribution in [2.75, 3.05) is 9.80 Å². The van der Waals surface area contributed by atoms with E-state index in [1.807, 2.05) is 0 Å². The van der Waals surface area contributed by atoms with E-state index >= 15 is 0 Å². The van der Waals surface area contributed by atoms with Crippen LogP contribution in [-0.2, 0) is 0 Å². The van der Waals surface area contributed by atoms with Crippen LogP contribution in [0.25, 0.3) is 87.6 Å². The molecule has 0 spiro atoms. The Morgan fingerprint density at radius 1 is 0.182 bits per heavy atom. The van der Waals surface area contributed by atoms with Gasteiger partial charge in [0.25, 0.3) is 0 Å². The Morgan fingerprint density at radius 2 is 0.386 bits per heavy atom. The van der Waals surface area contributed by atoms with Gasteiger partial charge >= 0.3 is 479 Å². The van der Waals surface area contributed by atoms with Gasteiger partial charge in [-0.25, -0.2) is 0 Å². The Labute approximate surface area is 533 Å². The number of anilines is 6. The summed E-state index contributed by atoms with van der Waals surface area (Å²) in [5.41, 5.74) is 16.8. The SMILES string of the molecule is [CH3][Ge]([CH3])([CH3])[c]1ccc(N(c2cc[c]([Ge]([CH3])([CH3])[CH3])cc2)c2cccc(-c3c4ccccc4c(-c4ccc(-c5c6ccccc6c(-c6cccc(N(c7cc[c]([Ge]([CH3])([CH3])[CH3])cc7)c7cc[c]([Ge]([CH3])([CH3])[CH3])cc7)c6)c6ccccc56)cc4)c4ccccc34)c2)cc1. The van der Waals surface area contributed by atoms with Gasteiger partial charge in [0.05, 0.1) is 0 Å². The molecule has 2 nitrogen and oxygen atoms in total. The molecule has 0 bridgehead atoms. The van der Waals surface area contributed by atoms with Crippen molar-refractivity contribution in [3.8, 4) is 44.5 Å². The van der Waals surface area contributed by atoms with E-state index in [1.165, 1.54) is 128 Å². The van der Waals surface area contributed by atoms with Gasteiger partial charge in [0, 0.05) is 0 Å². The van der Waals surface area contributed by atoms with Crippen LogP contribution in [0.3, 0.4) is 0 Å². The summed E-state index contributed by atoms with van der Waals surface area (Å²) in [6, 6.07) is 102. The molecule has 0 amide bonds. The predicted octanol–water partition coefficient (Wildman–Crippen LogP) is 22.1. The van der Waals surface area contributed by atoms with Crippen LogP contribution in [0.4, 0.5) is 34.1 Å². The first-order valence-electron chi connectivity index (χ1n) is 31.4. The number of hydrogen-bond donors (Lipinski definition) is 0. The summed E-state index contributed by atoms with van der Waals surface area (Å²) in [5, 5.41) is 9.94. The first-order valence-corrected chi connectivity index (χ1v) is 60.8. The molecule has 0 radical (unpaired) electrons. The van der Waals surface area contributed by atoms with E-state index in [1.54, 1.807) is 0 Å². The van der Waals surface area contributed by atoms with Gasteiger partial charge in [-0.1, -0.05) is 48.5 Å². The van der Waals surface area contributed by atoms with Crippen LogP contribution in [0.15, 0.2) is 267 Å². The summed E-state index contributed by atoms with van der Waals surface area (Å²) in [4.78, 5) is 4.91. The minimum absolute atomic E-state index is 1.15. The van der Waals surface area contributed by atoms with Gasteiger partial charge < -0.3 is 0 Å². The molecule has 13 aromatic carbocycles. The van der Waals surface area contributed by atoms with Gasteiger partial charge in [-0.3, -0.25) is 0 Å². The van der Waals surface area contributed by atoms with Crippen molar-refractivity contribution >= 4 is 148 Å². The van der Waals surface area contributed by atoms with Crippen molar-refractivity contribution < 1.29 is 0 Å². The van der Waals surface area contributed by atoms with Crippen molar-refractivity contribution in [2.45, 2.75) is 69.1 Å². The third-order valence-electron chi connectivity index (χ3n) is 18.1. The molecule has 0 unspecified atom stereocenters. The van der Waals surface area contributed by atoms with Crippen LogP contribution < -0.4 is 27.4 Å². The van der Waals surface area contributed by atoms with Crippen LogP contribution in [0.2, 0.25) is 69.1 Å². The second-order valence-electron chi connectivity index (χ2n) is 28.2.